The van der Waals surface area contributed by atoms with E-state index in [-0.39, 0.29) is 18.1 Å². The molecule has 4 aromatic rings. The number of nitro groups is 1. The lowest BCUT2D eigenvalue weighted by Crippen LogP contribution is -2.18. The zero-order chi connectivity index (χ0) is 20.0. The Kier molecular flexibility index (Phi) is 4.04. The quantitative estimate of drug-likeness (QED) is 0.391. The summed E-state index contributed by atoms with van der Waals surface area (Å²) in [6.07, 6.45) is 5.37. The van der Waals surface area contributed by atoms with E-state index in [1.165, 1.54) is 31.4 Å². The van der Waals surface area contributed by atoms with E-state index in [4.69, 9.17) is 0 Å². The minimum absolute atomic E-state index is 0.0360. The number of carbonyl (C=O) groups excluding carboxylic acids is 1. The fourth-order valence-electron chi connectivity index (χ4n) is 3.78. The number of carbonyl (C=O) groups is 1. The van der Waals surface area contributed by atoms with Gasteiger partial charge in [0.25, 0.3) is 5.69 Å². The topological polar surface area (TPSA) is 106 Å². The highest BCUT2D eigenvalue weighted by Crippen LogP contribution is 2.35. The third-order valence-electron chi connectivity index (χ3n) is 5.56. The number of H-pyrrole nitrogens is 1. The van der Waals surface area contributed by atoms with E-state index in [1.54, 1.807) is 22.9 Å². The molecular weight excluding hydrogens is 370 g/mol. The van der Waals surface area contributed by atoms with Gasteiger partial charge in [0.05, 0.1) is 16.0 Å². The van der Waals surface area contributed by atoms with Crippen LogP contribution in [0.3, 0.4) is 0 Å². The van der Waals surface area contributed by atoms with Crippen LogP contribution in [0, 0.1) is 10.1 Å². The number of imidazole rings is 1. The Balaban J connectivity index is 1.32. The van der Waals surface area contributed by atoms with Crippen LogP contribution in [0.4, 0.5) is 11.4 Å². The van der Waals surface area contributed by atoms with Crippen molar-refractivity contribution in [2.24, 2.45) is 0 Å². The molecule has 0 saturated heterocycles. The summed E-state index contributed by atoms with van der Waals surface area (Å²) in [4.78, 5) is 31.0. The summed E-state index contributed by atoms with van der Waals surface area (Å²) in [5.41, 5.74) is 3.35. The summed E-state index contributed by atoms with van der Waals surface area (Å²) in [7, 11) is 0. The van der Waals surface area contributed by atoms with Crippen molar-refractivity contribution >= 4 is 39.2 Å². The molecule has 1 saturated carbocycles. The van der Waals surface area contributed by atoms with E-state index < -0.39 is 4.92 Å². The predicted octanol–water partition coefficient (Wildman–Crippen LogP) is 4.33. The van der Waals surface area contributed by atoms with Crippen molar-refractivity contribution in [2.45, 2.75) is 31.7 Å². The van der Waals surface area contributed by atoms with Crippen molar-refractivity contribution in [3.05, 3.63) is 64.6 Å². The molecular formula is C21H19N5O3. The van der Waals surface area contributed by atoms with Crippen LogP contribution in [0.15, 0.2) is 48.7 Å². The molecule has 8 nitrogen and oxygen atoms in total. The van der Waals surface area contributed by atoms with Gasteiger partial charge in [-0.3, -0.25) is 14.9 Å². The van der Waals surface area contributed by atoms with Crippen LogP contribution in [0.1, 0.15) is 31.0 Å². The van der Waals surface area contributed by atoms with Crippen molar-refractivity contribution in [1.82, 2.24) is 14.5 Å². The van der Waals surface area contributed by atoms with E-state index >= 15 is 0 Å². The average Bonchev–Trinajstić information content (AvgIpc) is 3.23. The lowest BCUT2D eigenvalue weighted by Gasteiger charge is -2.22. The molecule has 29 heavy (non-hydrogen) atoms. The number of nitrogens with one attached hydrogen (secondary N) is 2. The SMILES string of the molecule is O=C(Cn1ccc2cc([N+](=O)[O-])ccc21)Nc1ccc2nc(C3CCC3)[nH]c2c1. The fraction of sp³-hybridized carbons (Fsp3) is 0.238. The molecule has 2 N–H and O–H groups in total. The number of aromatic amines is 1. The highest BCUT2D eigenvalue weighted by Gasteiger charge is 2.22. The van der Waals surface area contributed by atoms with Crippen LogP contribution in [0.5, 0.6) is 0 Å². The Hall–Kier alpha value is -3.68. The molecule has 0 bridgehead atoms. The second kappa shape index (κ2) is 6.73. The van der Waals surface area contributed by atoms with Gasteiger partial charge in [0, 0.05) is 40.8 Å². The van der Waals surface area contributed by atoms with Gasteiger partial charge in [0.2, 0.25) is 5.91 Å². The predicted molar refractivity (Wildman–Crippen MR) is 110 cm³/mol. The zero-order valence-corrected chi connectivity index (χ0v) is 15.6. The zero-order valence-electron chi connectivity index (χ0n) is 15.6. The lowest BCUT2D eigenvalue weighted by molar-refractivity contribution is -0.384. The van der Waals surface area contributed by atoms with Crippen LogP contribution < -0.4 is 5.32 Å². The first-order valence-electron chi connectivity index (χ1n) is 9.59. The molecule has 0 aliphatic heterocycles. The summed E-state index contributed by atoms with van der Waals surface area (Å²) in [6, 6.07) is 12.1. The third-order valence-corrected chi connectivity index (χ3v) is 5.56. The van der Waals surface area contributed by atoms with Crippen molar-refractivity contribution in [3.8, 4) is 0 Å². The van der Waals surface area contributed by atoms with Gasteiger partial charge < -0.3 is 14.9 Å². The van der Waals surface area contributed by atoms with Crippen LogP contribution in [0.25, 0.3) is 21.9 Å². The molecule has 5 rings (SSSR count). The average molecular weight is 389 g/mol. The fourth-order valence-corrected chi connectivity index (χ4v) is 3.78. The molecule has 1 aliphatic rings. The molecule has 8 heteroatoms. The molecule has 1 fully saturated rings. The number of nitrogens with zero attached hydrogens (tertiary/aromatic N) is 3. The number of rotatable bonds is 5. The number of fused-ring (bicyclic) bond motifs is 2. The Labute approximate surface area is 165 Å². The Bertz CT molecular complexity index is 1250. The molecule has 0 spiro atoms. The van der Waals surface area contributed by atoms with Crippen LogP contribution in [-0.2, 0) is 11.3 Å². The first-order chi connectivity index (χ1) is 14.1. The van der Waals surface area contributed by atoms with E-state index in [1.807, 2.05) is 18.2 Å². The first-order valence-corrected chi connectivity index (χ1v) is 9.59. The van der Waals surface area contributed by atoms with Crippen LogP contribution in [0.2, 0.25) is 0 Å². The van der Waals surface area contributed by atoms with Crippen molar-refractivity contribution in [2.75, 3.05) is 5.32 Å². The first kappa shape index (κ1) is 17.4. The van der Waals surface area contributed by atoms with Crippen molar-refractivity contribution in [1.29, 1.82) is 0 Å². The molecule has 2 aromatic carbocycles. The van der Waals surface area contributed by atoms with Gasteiger partial charge in [-0.2, -0.15) is 0 Å². The normalized spacial score (nSPS) is 14.2. The second-order valence-electron chi connectivity index (χ2n) is 7.47. The summed E-state index contributed by atoms with van der Waals surface area (Å²) in [6.45, 7) is 0.121. The van der Waals surface area contributed by atoms with Gasteiger partial charge in [-0.25, -0.2) is 4.98 Å². The summed E-state index contributed by atoms with van der Waals surface area (Å²) >= 11 is 0. The molecule has 1 amide bonds. The van der Waals surface area contributed by atoms with Gasteiger partial charge in [-0.05, 0) is 43.2 Å². The minimum atomic E-state index is -0.425. The Morgan fingerprint density at radius 1 is 1.24 bits per heavy atom. The van der Waals surface area contributed by atoms with E-state index in [0.29, 0.717) is 11.6 Å². The van der Waals surface area contributed by atoms with Crippen LogP contribution in [-0.4, -0.2) is 25.4 Å². The maximum Gasteiger partial charge on any atom is 0.270 e. The van der Waals surface area contributed by atoms with E-state index in [9.17, 15) is 14.9 Å². The smallest absolute Gasteiger partial charge is 0.270 e. The molecule has 0 atom stereocenters. The number of aromatic nitrogens is 3. The highest BCUT2D eigenvalue weighted by molar-refractivity contribution is 5.94. The molecule has 146 valence electrons. The standard InChI is InChI=1S/C21H19N5O3/c27-20(12-25-9-8-14-10-16(26(28)29)5-7-19(14)25)22-15-4-6-17-18(11-15)24-21(23-17)13-2-1-3-13/h4-11,13H,1-3,12H2,(H,22,27)(H,23,24). The van der Waals surface area contributed by atoms with Gasteiger partial charge >= 0.3 is 0 Å². The largest absolute Gasteiger partial charge is 0.342 e. The molecule has 1 aliphatic carbocycles. The number of amides is 1. The van der Waals surface area contributed by atoms with Crippen LogP contribution >= 0.6 is 0 Å². The van der Waals surface area contributed by atoms with Gasteiger partial charge in [0.15, 0.2) is 0 Å². The van der Waals surface area contributed by atoms with E-state index in [2.05, 4.69) is 15.3 Å². The number of nitro benzene ring substituents is 1. The summed E-state index contributed by atoms with van der Waals surface area (Å²) in [5, 5.41) is 14.6. The maximum atomic E-state index is 12.5. The monoisotopic (exact) mass is 389 g/mol. The Morgan fingerprint density at radius 2 is 2.10 bits per heavy atom. The Morgan fingerprint density at radius 3 is 2.86 bits per heavy atom. The lowest BCUT2D eigenvalue weighted by atomic mass is 9.85. The van der Waals surface area contributed by atoms with Gasteiger partial charge in [0.1, 0.15) is 12.4 Å². The van der Waals surface area contributed by atoms with Crippen molar-refractivity contribution < 1.29 is 9.72 Å². The minimum Gasteiger partial charge on any atom is -0.342 e. The number of hydrogen-bond acceptors (Lipinski definition) is 4. The summed E-state index contributed by atoms with van der Waals surface area (Å²) < 4.78 is 1.78. The van der Waals surface area contributed by atoms with Gasteiger partial charge in [-0.15, -0.1) is 0 Å². The highest BCUT2D eigenvalue weighted by atomic mass is 16.6. The summed E-state index contributed by atoms with van der Waals surface area (Å²) in [5.74, 6) is 1.39. The maximum absolute atomic E-state index is 12.5. The number of hydrogen-bond donors (Lipinski definition) is 2. The van der Waals surface area contributed by atoms with Gasteiger partial charge in [-0.1, -0.05) is 6.42 Å². The molecule has 0 unspecified atom stereocenters. The number of non-ortho nitro benzene ring substituents is 1. The molecule has 2 aromatic heterocycles. The van der Waals surface area contributed by atoms with Crippen molar-refractivity contribution in [3.63, 3.8) is 0 Å². The third kappa shape index (κ3) is 3.22. The number of anilines is 1. The number of benzene rings is 2. The molecule has 2 heterocycles. The molecule has 0 radical (unpaired) electrons. The van der Waals surface area contributed by atoms with E-state index in [0.717, 1.165) is 27.8 Å². The second-order valence-corrected chi connectivity index (χ2v) is 7.47.